The second kappa shape index (κ2) is 9.21. The number of hydrogen-bond donors (Lipinski definition) is 1. The number of carbonyl (C=O) groups excluding carboxylic acids is 1. The lowest BCUT2D eigenvalue weighted by Gasteiger charge is -2.27. The molecule has 160 valence electrons. The third-order valence-electron chi connectivity index (χ3n) is 5.38. The lowest BCUT2D eigenvalue weighted by atomic mass is 10.1. The highest BCUT2D eigenvalue weighted by Gasteiger charge is 2.17. The summed E-state index contributed by atoms with van der Waals surface area (Å²) in [5.41, 5.74) is 1.27. The van der Waals surface area contributed by atoms with Crippen molar-refractivity contribution in [2.75, 3.05) is 38.7 Å². The first-order valence-corrected chi connectivity index (χ1v) is 10.3. The molecule has 2 aliphatic heterocycles. The van der Waals surface area contributed by atoms with Crippen LogP contribution in [0.2, 0.25) is 0 Å². The summed E-state index contributed by atoms with van der Waals surface area (Å²) in [7, 11) is 1.46. The maximum Gasteiger partial charge on any atom is 0.244 e. The number of rotatable bonds is 6. The molecule has 0 radical (unpaired) electrons. The highest BCUT2D eigenvalue weighted by Crippen LogP contribution is 2.32. The number of ether oxygens (including phenoxy) is 3. The summed E-state index contributed by atoms with van der Waals surface area (Å²) >= 11 is 0. The first kappa shape index (κ1) is 20.3. The molecule has 1 saturated heterocycles. The molecule has 0 spiro atoms. The van der Waals surface area contributed by atoms with E-state index in [1.54, 1.807) is 35.0 Å². The number of hydrogen-bond acceptors (Lipinski definition) is 6. The van der Waals surface area contributed by atoms with Crippen molar-refractivity contribution in [3.63, 3.8) is 0 Å². The molecule has 0 unspecified atom stereocenters. The molecule has 2 aliphatic rings. The van der Waals surface area contributed by atoms with Crippen LogP contribution in [0.1, 0.15) is 25.0 Å². The Morgan fingerprint density at radius 1 is 1.10 bits per heavy atom. The van der Waals surface area contributed by atoms with E-state index >= 15 is 0 Å². The average Bonchev–Trinajstić information content (AvgIpc) is 2.76. The maximum absolute atomic E-state index is 12.7. The molecule has 30 heavy (non-hydrogen) atoms. The van der Waals surface area contributed by atoms with Crippen LogP contribution in [0.15, 0.2) is 35.3 Å². The fraction of sp³-hybridized carbons (Fsp3) is 0.455. The van der Waals surface area contributed by atoms with Crippen LogP contribution < -0.4 is 25.0 Å². The summed E-state index contributed by atoms with van der Waals surface area (Å²) in [4.78, 5) is 27.4. The number of methoxy groups -OCH3 is 1. The molecule has 1 aromatic carbocycles. The van der Waals surface area contributed by atoms with Crippen molar-refractivity contribution >= 4 is 11.6 Å². The van der Waals surface area contributed by atoms with Crippen molar-refractivity contribution in [2.24, 2.45) is 0 Å². The Labute approximate surface area is 175 Å². The first-order valence-electron chi connectivity index (χ1n) is 10.3. The van der Waals surface area contributed by atoms with Gasteiger partial charge in [-0.25, -0.2) is 0 Å². The van der Waals surface area contributed by atoms with Gasteiger partial charge in [0.2, 0.25) is 11.3 Å². The van der Waals surface area contributed by atoms with E-state index in [4.69, 9.17) is 14.2 Å². The van der Waals surface area contributed by atoms with Crippen LogP contribution in [0.5, 0.6) is 17.2 Å². The second-order valence-corrected chi connectivity index (χ2v) is 7.57. The number of anilines is 1. The zero-order chi connectivity index (χ0) is 20.9. The average molecular weight is 413 g/mol. The van der Waals surface area contributed by atoms with E-state index in [1.807, 2.05) is 0 Å². The summed E-state index contributed by atoms with van der Waals surface area (Å²) in [6.07, 6.45) is 5.17. The molecule has 0 bridgehead atoms. The number of pyridine rings is 1. The zero-order valence-corrected chi connectivity index (χ0v) is 17.2. The van der Waals surface area contributed by atoms with E-state index in [2.05, 4.69) is 10.2 Å². The molecule has 0 aliphatic carbocycles. The predicted molar refractivity (Wildman–Crippen MR) is 112 cm³/mol. The van der Waals surface area contributed by atoms with Gasteiger partial charge in [-0.05, 0) is 38.1 Å². The fourth-order valence-electron chi connectivity index (χ4n) is 3.85. The zero-order valence-electron chi connectivity index (χ0n) is 17.2. The monoisotopic (exact) mass is 413 g/mol. The maximum atomic E-state index is 12.7. The quantitative estimate of drug-likeness (QED) is 0.782. The topological polar surface area (TPSA) is 82.0 Å². The Morgan fingerprint density at radius 2 is 1.87 bits per heavy atom. The number of nitrogens with zero attached hydrogens (tertiary/aromatic N) is 2. The highest BCUT2D eigenvalue weighted by atomic mass is 16.6. The van der Waals surface area contributed by atoms with Crippen LogP contribution in [-0.2, 0) is 17.9 Å². The second-order valence-electron chi connectivity index (χ2n) is 7.57. The van der Waals surface area contributed by atoms with Gasteiger partial charge < -0.3 is 24.1 Å². The number of likely N-dealkylation sites (tertiary alicyclic amines) is 1. The molecule has 2 aromatic rings. The van der Waals surface area contributed by atoms with Gasteiger partial charge in [0, 0.05) is 30.1 Å². The van der Waals surface area contributed by atoms with Crippen LogP contribution in [-0.4, -0.2) is 48.8 Å². The summed E-state index contributed by atoms with van der Waals surface area (Å²) < 4.78 is 18.1. The normalized spacial score (nSPS) is 16.2. The Balaban J connectivity index is 1.50. The first-order chi connectivity index (χ1) is 14.6. The summed E-state index contributed by atoms with van der Waals surface area (Å²) in [6.45, 7) is 3.73. The van der Waals surface area contributed by atoms with Crippen molar-refractivity contribution < 1.29 is 19.0 Å². The van der Waals surface area contributed by atoms with Gasteiger partial charge >= 0.3 is 0 Å². The largest absolute Gasteiger partial charge is 0.491 e. The van der Waals surface area contributed by atoms with E-state index < -0.39 is 0 Å². The molecule has 0 atom stereocenters. The Morgan fingerprint density at radius 3 is 2.63 bits per heavy atom. The number of piperidine rings is 1. The predicted octanol–water partition coefficient (Wildman–Crippen LogP) is 2.25. The molecule has 1 amide bonds. The molecule has 8 heteroatoms. The number of benzene rings is 1. The van der Waals surface area contributed by atoms with Crippen LogP contribution in [0.4, 0.5) is 5.69 Å². The number of nitrogens with one attached hydrogen (secondary N) is 1. The Hall–Kier alpha value is -3.00. The van der Waals surface area contributed by atoms with Crippen LogP contribution >= 0.6 is 0 Å². The number of amides is 1. The molecular formula is C22H27N3O5. The smallest absolute Gasteiger partial charge is 0.244 e. The van der Waals surface area contributed by atoms with Crippen molar-refractivity contribution in [3.8, 4) is 17.2 Å². The number of aromatic nitrogens is 1. The molecule has 8 nitrogen and oxygen atoms in total. The standard InChI is InChI=1S/C22H27N3O5/c1-28-21-14-25(17(12-18(21)26)13-24-7-3-2-4-8-24)15-22(27)23-16-5-6-19-20(11-16)30-10-9-29-19/h5-6,11-12,14H,2-4,7-10,13,15H2,1H3,(H,23,27). The van der Waals surface area contributed by atoms with Gasteiger partial charge in [0.05, 0.1) is 13.3 Å². The number of fused-ring (bicyclic) bond motifs is 1. The molecule has 1 N–H and O–H groups in total. The Kier molecular flexibility index (Phi) is 6.23. The summed E-state index contributed by atoms with van der Waals surface area (Å²) in [5, 5.41) is 2.90. The minimum atomic E-state index is -0.197. The van der Waals surface area contributed by atoms with Gasteiger partial charge in [-0.3, -0.25) is 14.5 Å². The minimum absolute atomic E-state index is 0.0776. The molecule has 4 rings (SSSR count). The van der Waals surface area contributed by atoms with Gasteiger partial charge in [0.1, 0.15) is 19.8 Å². The SMILES string of the molecule is COc1cn(CC(=O)Nc2ccc3c(c2)OCCO3)c(CN2CCCCC2)cc1=O. The highest BCUT2D eigenvalue weighted by molar-refractivity contribution is 5.91. The van der Waals surface area contributed by atoms with E-state index in [0.717, 1.165) is 31.6 Å². The van der Waals surface area contributed by atoms with Crippen molar-refractivity contribution in [1.29, 1.82) is 0 Å². The minimum Gasteiger partial charge on any atom is -0.491 e. The fourth-order valence-corrected chi connectivity index (χ4v) is 3.85. The third-order valence-corrected chi connectivity index (χ3v) is 5.38. The van der Waals surface area contributed by atoms with Crippen molar-refractivity contribution in [2.45, 2.75) is 32.4 Å². The summed E-state index contributed by atoms with van der Waals surface area (Å²) in [6, 6.07) is 6.90. The van der Waals surface area contributed by atoms with E-state index in [0.29, 0.717) is 36.9 Å². The van der Waals surface area contributed by atoms with Gasteiger partial charge in [-0.1, -0.05) is 6.42 Å². The van der Waals surface area contributed by atoms with E-state index in [9.17, 15) is 9.59 Å². The molecule has 0 saturated carbocycles. The van der Waals surface area contributed by atoms with Gasteiger partial charge in [0.15, 0.2) is 17.2 Å². The molecule has 1 fully saturated rings. The lowest BCUT2D eigenvalue weighted by molar-refractivity contribution is -0.116. The number of carbonyl (C=O) groups is 1. The van der Waals surface area contributed by atoms with Crippen molar-refractivity contribution in [3.05, 3.63) is 46.4 Å². The van der Waals surface area contributed by atoms with Crippen molar-refractivity contribution in [1.82, 2.24) is 9.47 Å². The Bertz CT molecular complexity index is 966. The molecule has 1 aromatic heterocycles. The third kappa shape index (κ3) is 4.76. The summed E-state index contributed by atoms with van der Waals surface area (Å²) in [5.74, 6) is 1.32. The molecular weight excluding hydrogens is 386 g/mol. The lowest BCUT2D eigenvalue weighted by Crippen LogP contribution is -2.32. The van der Waals surface area contributed by atoms with Crippen LogP contribution in [0.25, 0.3) is 0 Å². The van der Waals surface area contributed by atoms with Gasteiger partial charge in [-0.2, -0.15) is 0 Å². The van der Waals surface area contributed by atoms with Crippen LogP contribution in [0.3, 0.4) is 0 Å². The van der Waals surface area contributed by atoms with Gasteiger partial charge in [0.25, 0.3) is 0 Å². The van der Waals surface area contributed by atoms with E-state index in [-0.39, 0.29) is 23.6 Å². The van der Waals surface area contributed by atoms with Gasteiger partial charge in [-0.15, -0.1) is 0 Å². The molecule has 3 heterocycles. The van der Waals surface area contributed by atoms with E-state index in [1.165, 1.54) is 13.5 Å². The van der Waals surface area contributed by atoms with Crippen LogP contribution in [0, 0.1) is 0 Å².